The summed E-state index contributed by atoms with van der Waals surface area (Å²) in [7, 11) is 0. The lowest BCUT2D eigenvalue weighted by Gasteiger charge is -2.15. The van der Waals surface area contributed by atoms with Gasteiger partial charge in [-0.3, -0.25) is 9.97 Å². The first-order chi connectivity index (χ1) is 25.8. The van der Waals surface area contributed by atoms with Crippen LogP contribution in [0, 0.1) is 0 Å². The molecule has 52 heavy (non-hydrogen) atoms. The molecule has 0 amide bonds. The molecule has 0 aliphatic rings. The molecule has 0 spiro atoms. The first-order valence-electron chi connectivity index (χ1n) is 17.3. The van der Waals surface area contributed by atoms with Crippen LogP contribution in [0.25, 0.3) is 99.5 Å². The molecule has 0 bridgehead atoms. The van der Waals surface area contributed by atoms with E-state index in [0.29, 0.717) is 17.5 Å². The Bertz CT molecular complexity index is 2570. The minimum atomic E-state index is 0.604. The summed E-state index contributed by atoms with van der Waals surface area (Å²) in [6, 6.07) is 53.0. The minimum absolute atomic E-state index is 0.604. The van der Waals surface area contributed by atoms with Gasteiger partial charge in [-0.2, -0.15) is 0 Å². The van der Waals surface area contributed by atoms with Crippen LogP contribution >= 0.6 is 0 Å². The second-order valence-corrected chi connectivity index (χ2v) is 13.0. The second-order valence-electron chi connectivity index (χ2n) is 13.0. The van der Waals surface area contributed by atoms with E-state index in [9.17, 15) is 0 Å². The molecule has 5 nitrogen and oxygen atoms in total. The zero-order chi connectivity index (χ0) is 34.4. The van der Waals surface area contributed by atoms with Gasteiger partial charge in [0.05, 0.1) is 0 Å². The van der Waals surface area contributed by atoms with Crippen LogP contribution in [0.5, 0.6) is 0 Å². The van der Waals surface area contributed by atoms with E-state index in [-0.39, 0.29) is 0 Å². The summed E-state index contributed by atoms with van der Waals surface area (Å²) in [6.07, 6.45) is 7.54. The molecule has 0 saturated heterocycles. The van der Waals surface area contributed by atoms with Crippen LogP contribution in [-0.2, 0) is 0 Å². The standard InChI is InChI=1S/C47H29N5/c1-3-15-37-30(9-1)11-5-19-43(37)46-50-45(51-47(52-46)44-20-6-12-31-10-2-4-16-38(31)44)36-26-34(39-17-7-13-32-28-48-23-21-41(32)39)25-35(27-36)40-18-8-14-33-29-49-24-22-42(33)40/h1-29H. The number of nitrogens with zero attached hydrogens (tertiary/aromatic N) is 5. The Morgan fingerprint density at radius 2 is 0.673 bits per heavy atom. The van der Waals surface area contributed by atoms with Crippen LogP contribution in [-0.4, -0.2) is 24.9 Å². The third-order valence-corrected chi connectivity index (χ3v) is 9.87. The fraction of sp³-hybridized carbons (Fsp3) is 0. The summed E-state index contributed by atoms with van der Waals surface area (Å²) in [6.45, 7) is 0. The lowest BCUT2D eigenvalue weighted by Crippen LogP contribution is -2.01. The van der Waals surface area contributed by atoms with Gasteiger partial charge in [0.1, 0.15) is 0 Å². The number of pyridine rings is 2. The van der Waals surface area contributed by atoms with Gasteiger partial charge in [0, 0.05) is 52.3 Å². The van der Waals surface area contributed by atoms with E-state index in [2.05, 4.69) is 162 Å². The van der Waals surface area contributed by atoms with Crippen molar-refractivity contribution in [3.8, 4) is 56.4 Å². The van der Waals surface area contributed by atoms with Gasteiger partial charge in [-0.15, -0.1) is 0 Å². The second kappa shape index (κ2) is 12.3. The number of rotatable bonds is 5. The van der Waals surface area contributed by atoms with Crippen molar-refractivity contribution in [2.45, 2.75) is 0 Å². The van der Waals surface area contributed by atoms with Gasteiger partial charge in [-0.05, 0) is 84.9 Å². The van der Waals surface area contributed by atoms with Crippen LogP contribution < -0.4 is 0 Å². The molecule has 10 aromatic rings. The molecule has 0 aliphatic carbocycles. The predicted molar refractivity (Wildman–Crippen MR) is 213 cm³/mol. The van der Waals surface area contributed by atoms with Crippen molar-refractivity contribution in [3.05, 3.63) is 176 Å². The number of aromatic nitrogens is 5. The molecule has 0 unspecified atom stereocenters. The topological polar surface area (TPSA) is 64.5 Å². The summed E-state index contributed by atoms with van der Waals surface area (Å²) in [4.78, 5) is 24.6. The van der Waals surface area contributed by atoms with Crippen LogP contribution in [0.2, 0.25) is 0 Å². The van der Waals surface area contributed by atoms with Gasteiger partial charge in [0.25, 0.3) is 0 Å². The van der Waals surface area contributed by atoms with Gasteiger partial charge in [0.2, 0.25) is 0 Å². The van der Waals surface area contributed by atoms with Gasteiger partial charge in [-0.1, -0.05) is 121 Å². The van der Waals surface area contributed by atoms with Gasteiger partial charge in [-0.25, -0.2) is 15.0 Å². The van der Waals surface area contributed by atoms with Crippen molar-refractivity contribution < 1.29 is 0 Å². The molecule has 0 fully saturated rings. The van der Waals surface area contributed by atoms with E-state index in [1.54, 1.807) is 0 Å². The Hall–Kier alpha value is -7.11. The molecule has 3 heterocycles. The van der Waals surface area contributed by atoms with E-state index in [4.69, 9.17) is 15.0 Å². The molecule has 0 atom stereocenters. The molecule has 242 valence electrons. The highest BCUT2D eigenvalue weighted by Crippen LogP contribution is 2.39. The lowest BCUT2D eigenvalue weighted by atomic mass is 9.92. The Morgan fingerprint density at radius 1 is 0.288 bits per heavy atom. The highest BCUT2D eigenvalue weighted by atomic mass is 15.0. The maximum Gasteiger partial charge on any atom is 0.164 e. The van der Waals surface area contributed by atoms with Crippen molar-refractivity contribution >= 4 is 43.1 Å². The smallest absolute Gasteiger partial charge is 0.164 e. The maximum atomic E-state index is 5.28. The molecule has 0 radical (unpaired) electrons. The number of hydrogen-bond acceptors (Lipinski definition) is 5. The summed E-state index contributed by atoms with van der Waals surface area (Å²) >= 11 is 0. The fourth-order valence-corrected chi connectivity index (χ4v) is 7.40. The van der Waals surface area contributed by atoms with E-state index in [1.807, 2.05) is 24.8 Å². The molecular formula is C47H29N5. The Morgan fingerprint density at radius 3 is 1.19 bits per heavy atom. The molecule has 10 rings (SSSR count). The van der Waals surface area contributed by atoms with E-state index in [0.717, 1.165) is 82.0 Å². The number of hydrogen-bond donors (Lipinski definition) is 0. The average molecular weight is 664 g/mol. The van der Waals surface area contributed by atoms with Crippen molar-refractivity contribution in [3.63, 3.8) is 0 Å². The highest BCUT2D eigenvalue weighted by Gasteiger charge is 2.18. The third kappa shape index (κ3) is 5.15. The van der Waals surface area contributed by atoms with E-state index in [1.165, 1.54) is 0 Å². The lowest BCUT2D eigenvalue weighted by molar-refractivity contribution is 1.08. The zero-order valence-corrected chi connectivity index (χ0v) is 28.0. The Labute approximate surface area is 300 Å². The largest absolute Gasteiger partial charge is 0.264 e. The summed E-state index contributed by atoms with van der Waals surface area (Å²) in [5.41, 5.74) is 7.17. The van der Waals surface area contributed by atoms with Crippen LogP contribution in [0.3, 0.4) is 0 Å². The zero-order valence-electron chi connectivity index (χ0n) is 28.0. The summed E-state index contributed by atoms with van der Waals surface area (Å²) in [5.74, 6) is 1.86. The fourth-order valence-electron chi connectivity index (χ4n) is 7.40. The molecule has 5 heteroatoms. The van der Waals surface area contributed by atoms with Crippen LogP contribution in [0.4, 0.5) is 0 Å². The Kier molecular flexibility index (Phi) is 7.07. The predicted octanol–water partition coefficient (Wildman–Crippen LogP) is 11.6. The molecule has 0 aliphatic heterocycles. The summed E-state index contributed by atoms with van der Waals surface area (Å²) < 4.78 is 0. The first-order valence-corrected chi connectivity index (χ1v) is 17.3. The minimum Gasteiger partial charge on any atom is -0.264 e. The van der Waals surface area contributed by atoms with E-state index >= 15 is 0 Å². The van der Waals surface area contributed by atoms with Crippen LogP contribution in [0.1, 0.15) is 0 Å². The Balaban J connectivity index is 1.28. The normalized spacial score (nSPS) is 11.5. The van der Waals surface area contributed by atoms with Crippen LogP contribution in [0.15, 0.2) is 176 Å². The molecule has 0 N–H and O–H groups in total. The number of fused-ring (bicyclic) bond motifs is 4. The number of benzene rings is 7. The highest BCUT2D eigenvalue weighted by molar-refractivity contribution is 6.02. The first kappa shape index (κ1) is 29.8. The van der Waals surface area contributed by atoms with Gasteiger partial charge in [0.15, 0.2) is 17.5 Å². The SMILES string of the molecule is c1cc(-c2cc(-c3nc(-c4cccc5ccccc45)nc(-c4cccc5ccccc45)n3)cc(-c3cccc4cnccc34)c2)c2ccncc2c1. The molecule has 7 aromatic carbocycles. The van der Waals surface area contributed by atoms with Crippen molar-refractivity contribution in [2.24, 2.45) is 0 Å². The maximum absolute atomic E-state index is 5.28. The van der Waals surface area contributed by atoms with Gasteiger partial charge >= 0.3 is 0 Å². The van der Waals surface area contributed by atoms with Crippen molar-refractivity contribution in [1.29, 1.82) is 0 Å². The van der Waals surface area contributed by atoms with Crippen molar-refractivity contribution in [2.75, 3.05) is 0 Å². The van der Waals surface area contributed by atoms with E-state index < -0.39 is 0 Å². The van der Waals surface area contributed by atoms with Crippen molar-refractivity contribution in [1.82, 2.24) is 24.9 Å². The monoisotopic (exact) mass is 663 g/mol. The van der Waals surface area contributed by atoms with Gasteiger partial charge < -0.3 is 0 Å². The summed E-state index contributed by atoms with van der Waals surface area (Å²) in [5, 5.41) is 8.88. The molecule has 0 saturated carbocycles. The molecular weight excluding hydrogens is 635 g/mol. The molecule has 3 aromatic heterocycles. The quantitative estimate of drug-likeness (QED) is 0.183. The third-order valence-electron chi connectivity index (χ3n) is 9.87. The average Bonchev–Trinajstić information content (AvgIpc) is 3.22.